The molecule has 8 nitrogen and oxygen atoms in total. The Kier molecular flexibility index (Phi) is 7.76. The Bertz CT molecular complexity index is 1580. The van der Waals surface area contributed by atoms with Crippen LogP contribution < -0.4 is 23.7 Å². The minimum atomic E-state index is -4.40. The van der Waals surface area contributed by atoms with Gasteiger partial charge in [-0.25, -0.2) is 4.79 Å². The Labute approximate surface area is 250 Å². The molecule has 43 heavy (non-hydrogen) atoms. The maximum atomic E-state index is 13.3. The SMILES string of the molecule is COc1ccc2c(c1OC)C(=O)O[C@@H]2[C@H]1c2c(c(CSCc3cccc(C(F)(F)F)c3)c3c(c2OC)OCO3)CCN1C. The first kappa shape index (κ1) is 29.3. The molecule has 0 saturated carbocycles. The van der Waals surface area contributed by atoms with Crippen LogP contribution in [-0.4, -0.2) is 52.6 Å². The van der Waals surface area contributed by atoms with E-state index in [-0.39, 0.29) is 6.79 Å². The molecule has 0 spiro atoms. The van der Waals surface area contributed by atoms with Crippen LogP contribution in [0.5, 0.6) is 28.7 Å². The van der Waals surface area contributed by atoms with Crippen molar-refractivity contribution < 1.29 is 46.4 Å². The van der Waals surface area contributed by atoms with Crippen molar-refractivity contribution in [1.82, 2.24) is 4.90 Å². The molecule has 3 aliphatic rings. The van der Waals surface area contributed by atoms with Gasteiger partial charge in [0.15, 0.2) is 23.0 Å². The van der Waals surface area contributed by atoms with E-state index in [1.807, 2.05) is 13.1 Å². The topological polar surface area (TPSA) is 75.7 Å². The van der Waals surface area contributed by atoms with Gasteiger partial charge in [-0.15, -0.1) is 0 Å². The summed E-state index contributed by atoms with van der Waals surface area (Å²) in [6, 6.07) is 8.51. The van der Waals surface area contributed by atoms with Crippen molar-refractivity contribution in [2.45, 2.75) is 36.2 Å². The maximum absolute atomic E-state index is 13.3. The Morgan fingerprint density at radius 3 is 2.49 bits per heavy atom. The van der Waals surface area contributed by atoms with Crippen LogP contribution in [0.2, 0.25) is 0 Å². The number of hydrogen-bond donors (Lipinski definition) is 0. The number of carbonyl (C=O) groups is 1. The summed E-state index contributed by atoms with van der Waals surface area (Å²) in [5, 5.41) is 0. The molecule has 3 aliphatic heterocycles. The van der Waals surface area contributed by atoms with Gasteiger partial charge in [0.1, 0.15) is 11.7 Å². The number of rotatable bonds is 8. The largest absolute Gasteiger partial charge is 0.493 e. The number of thioether (sulfide) groups is 1. The number of methoxy groups -OCH3 is 3. The van der Waals surface area contributed by atoms with E-state index in [1.54, 1.807) is 19.2 Å². The van der Waals surface area contributed by atoms with Crippen LogP contribution in [-0.2, 0) is 28.8 Å². The summed E-state index contributed by atoms with van der Waals surface area (Å²) in [6.07, 6.45) is -4.42. The number of alkyl halides is 3. The fourth-order valence-corrected chi connectivity index (χ4v) is 7.21. The average molecular weight is 618 g/mol. The van der Waals surface area contributed by atoms with Crippen molar-refractivity contribution in [2.75, 3.05) is 41.7 Å². The molecule has 6 rings (SSSR count). The van der Waals surface area contributed by atoms with Gasteiger partial charge in [0.25, 0.3) is 0 Å². The van der Waals surface area contributed by atoms with Crippen molar-refractivity contribution in [3.8, 4) is 28.7 Å². The molecule has 0 fully saturated rings. The number of benzene rings is 3. The Balaban J connectivity index is 1.40. The van der Waals surface area contributed by atoms with Gasteiger partial charge in [-0.2, -0.15) is 24.9 Å². The summed E-state index contributed by atoms with van der Waals surface area (Å²) < 4.78 is 74.5. The van der Waals surface area contributed by atoms with E-state index in [4.69, 9.17) is 28.4 Å². The number of carbonyl (C=O) groups excluding carboxylic acids is 1. The number of likely N-dealkylation sites (N-methyl/N-ethyl adjacent to an activating group) is 1. The third-order valence-electron chi connectivity index (χ3n) is 8.10. The molecular formula is C31H30F3NO7S. The van der Waals surface area contributed by atoms with Crippen LogP contribution in [0, 0.1) is 0 Å². The number of hydrogen-bond acceptors (Lipinski definition) is 9. The molecule has 3 aromatic carbocycles. The minimum Gasteiger partial charge on any atom is -0.493 e. The molecule has 3 aromatic rings. The summed E-state index contributed by atoms with van der Waals surface area (Å²) in [5.41, 5.74) is 3.62. The van der Waals surface area contributed by atoms with Crippen molar-refractivity contribution in [2.24, 2.45) is 0 Å². The van der Waals surface area contributed by atoms with Crippen molar-refractivity contribution in [3.63, 3.8) is 0 Å². The van der Waals surface area contributed by atoms with E-state index in [9.17, 15) is 18.0 Å². The number of nitrogens with zero attached hydrogens (tertiary/aromatic N) is 1. The third-order valence-corrected chi connectivity index (χ3v) is 9.13. The fraction of sp³-hybridized carbons (Fsp3) is 0.387. The molecule has 0 saturated heterocycles. The molecule has 228 valence electrons. The molecule has 2 atom stereocenters. The molecule has 0 aromatic heterocycles. The predicted molar refractivity (Wildman–Crippen MR) is 152 cm³/mol. The van der Waals surface area contributed by atoms with Gasteiger partial charge in [0.05, 0.1) is 32.9 Å². The highest BCUT2D eigenvalue weighted by molar-refractivity contribution is 7.97. The van der Waals surface area contributed by atoms with Crippen molar-refractivity contribution in [3.05, 3.63) is 75.3 Å². The zero-order valence-corrected chi connectivity index (χ0v) is 24.8. The van der Waals surface area contributed by atoms with Gasteiger partial charge in [0.2, 0.25) is 12.5 Å². The summed E-state index contributed by atoms with van der Waals surface area (Å²) in [6.45, 7) is 0.668. The van der Waals surface area contributed by atoms with E-state index < -0.39 is 29.9 Å². The average Bonchev–Trinajstić information content (AvgIpc) is 3.61. The smallest absolute Gasteiger partial charge is 0.416 e. The van der Waals surface area contributed by atoms with Crippen LogP contribution in [0.4, 0.5) is 13.2 Å². The lowest BCUT2D eigenvalue weighted by atomic mass is 9.83. The monoisotopic (exact) mass is 617 g/mol. The second-order valence-electron chi connectivity index (χ2n) is 10.4. The van der Waals surface area contributed by atoms with Crippen LogP contribution in [0.3, 0.4) is 0 Å². The Morgan fingerprint density at radius 2 is 1.77 bits per heavy atom. The second kappa shape index (κ2) is 11.4. The fourth-order valence-electron chi connectivity index (χ4n) is 6.18. The molecular weight excluding hydrogens is 587 g/mol. The van der Waals surface area contributed by atoms with Gasteiger partial charge >= 0.3 is 12.1 Å². The highest BCUT2D eigenvalue weighted by Gasteiger charge is 2.47. The standard InChI is InChI=1S/C31H30F3NO7S/c1-35-11-10-18-20(14-43-13-16-6-5-7-17(12-16)31(32,33)34)26-29(41-15-40-26)28(39-4)22(18)24(35)25-19-8-9-21(37-2)27(38-3)23(19)30(36)42-25/h5-9,12,24-25H,10-11,13-15H2,1-4H3/t24-,25+/m1/s1. The number of esters is 1. The molecule has 3 heterocycles. The van der Waals surface area contributed by atoms with E-state index in [0.29, 0.717) is 69.9 Å². The summed E-state index contributed by atoms with van der Waals surface area (Å²) in [7, 11) is 6.51. The van der Waals surface area contributed by atoms with E-state index >= 15 is 0 Å². The predicted octanol–water partition coefficient (Wildman–Crippen LogP) is 6.33. The molecule has 0 radical (unpaired) electrons. The second-order valence-corrected chi connectivity index (χ2v) is 11.4. The lowest BCUT2D eigenvalue weighted by Crippen LogP contribution is -2.37. The molecule has 0 amide bonds. The highest BCUT2D eigenvalue weighted by Crippen LogP contribution is 2.57. The van der Waals surface area contributed by atoms with Gasteiger partial charge in [-0.05, 0) is 36.7 Å². The molecule has 0 aliphatic carbocycles. The summed E-state index contributed by atoms with van der Waals surface area (Å²) >= 11 is 1.49. The van der Waals surface area contributed by atoms with E-state index in [2.05, 4.69) is 4.90 Å². The first-order valence-corrected chi connectivity index (χ1v) is 14.7. The Morgan fingerprint density at radius 1 is 1.00 bits per heavy atom. The zero-order chi connectivity index (χ0) is 30.5. The third kappa shape index (κ3) is 5.00. The number of ether oxygens (including phenoxy) is 6. The zero-order valence-electron chi connectivity index (χ0n) is 24.0. The normalized spacial score (nSPS) is 19.1. The quantitative estimate of drug-likeness (QED) is 0.270. The summed E-state index contributed by atoms with van der Waals surface area (Å²) in [4.78, 5) is 15.4. The number of fused-ring (bicyclic) bond motifs is 3. The van der Waals surface area contributed by atoms with Gasteiger partial charge in [-0.1, -0.05) is 24.3 Å². The molecule has 12 heteroatoms. The van der Waals surface area contributed by atoms with Crippen LogP contribution in [0.1, 0.15) is 55.9 Å². The van der Waals surface area contributed by atoms with Gasteiger partial charge in [0, 0.05) is 34.7 Å². The highest BCUT2D eigenvalue weighted by atomic mass is 32.2. The molecule has 0 N–H and O–H groups in total. The van der Waals surface area contributed by atoms with Crippen molar-refractivity contribution in [1.29, 1.82) is 0 Å². The molecule has 0 bridgehead atoms. The maximum Gasteiger partial charge on any atom is 0.416 e. The van der Waals surface area contributed by atoms with Crippen LogP contribution in [0.25, 0.3) is 0 Å². The van der Waals surface area contributed by atoms with Gasteiger partial charge < -0.3 is 28.4 Å². The van der Waals surface area contributed by atoms with E-state index in [1.165, 1.54) is 38.1 Å². The van der Waals surface area contributed by atoms with E-state index in [0.717, 1.165) is 22.8 Å². The van der Waals surface area contributed by atoms with Gasteiger partial charge in [-0.3, -0.25) is 4.90 Å². The summed E-state index contributed by atoms with van der Waals surface area (Å²) in [5.74, 6) is 2.63. The first-order valence-electron chi connectivity index (χ1n) is 13.6. The van der Waals surface area contributed by atoms with Crippen molar-refractivity contribution >= 4 is 17.7 Å². The lowest BCUT2D eigenvalue weighted by molar-refractivity contribution is -0.137. The lowest BCUT2D eigenvalue weighted by Gasteiger charge is -2.39. The number of cyclic esters (lactones) is 1. The number of halogens is 3. The van der Waals surface area contributed by atoms with Crippen LogP contribution in [0.15, 0.2) is 36.4 Å². The van der Waals surface area contributed by atoms with Crippen LogP contribution >= 0.6 is 11.8 Å². The molecule has 0 unspecified atom stereocenters. The Hall–Kier alpha value is -3.77. The minimum absolute atomic E-state index is 0.0125. The first-order chi connectivity index (χ1) is 20.7.